The number of benzene rings is 2. The van der Waals surface area contributed by atoms with Crippen LogP contribution < -0.4 is 4.74 Å². The van der Waals surface area contributed by atoms with E-state index in [4.69, 9.17) is 4.74 Å². The van der Waals surface area contributed by atoms with Crippen LogP contribution in [0.25, 0.3) is 0 Å². The van der Waals surface area contributed by atoms with Gasteiger partial charge < -0.3 is 9.84 Å². The molecule has 2 aromatic carbocycles. The predicted octanol–water partition coefficient (Wildman–Crippen LogP) is 2.91. The largest absolute Gasteiger partial charge is 0.508 e. The van der Waals surface area contributed by atoms with Gasteiger partial charge in [0, 0.05) is 38.3 Å². The molecule has 1 fully saturated rings. The summed E-state index contributed by atoms with van der Waals surface area (Å²) in [4.78, 5) is 2.46. The fourth-order valence-corrected chi connectivity index (χ4v) is 4.80. The molecule has 0 atom stereocenters. The van der Waals surface area contributed by atoms with Crippen LogP contribution in [0.3, 0.4) is 0 Å². The van der Waals surface area contributed by atoms with Crippen molar-refractivity contribution in [3.8, 4) is 11.5 Å². The van der Waals surface area contributed by atoms with Crippen LogP contribution in [0.1, 0.15) is 23.6 Å². The van der Waals surface area contributed by atoms with Gasteiger partial charge in [-0.2, -0.15) is 4.31 Å². The van der Waals surface area contributed by atoms with Crippen molar-refractivity contribution in [1.29, 1.82) is 0 Å². The number of rotatable bonds is 6. The minimum Gasteiger partial charge on any atom is -0.508 e. The van der Waals surface area contributed by atoms with Gasteiger partial charge in [-0.25, -0.2) is 8.42 Å². The third-order valence-electron chi connectivity index (χ3n) is 5.19. The molecule has 1 aliphatic heterocycles. The summed E-state index contributed by atoms with van der Waals surface area (Å²) in [5.41, 5.74) is 3.09. The Kier molecular flexibility index (Phi) is 6.27. The minimum atomic E-state index is -3.51. The lowest BCUT2D eigenvalue weighted by molar-refractivity contribution is 0.180. The van der Waals surface area contributed by atoms with E-state index in [2.05, 4.69) is 4.90 Å². The SMILES string of the molecule is CCOc1ccc(S(=O)(=O)N2CCN(Cc3cc(C)c(C)cc3O)CC2)cc1. The van der Waals surface area contributed by atoms with E-state index in [0.29, 0.717) is 50.8 Å². The molecule has 1 aliphatic rings. The monoisotopic (exact) mass is 404 g/mol. The number of hydrogen-bond acceptors (Lipinski definition) is 5. The molecule has 0 spiro atoms. The lowest BCUT2D eigenvalue weighted by atomic mass is 10.0. The Morgan fingerprint density at radius 1 is 1.00 bits per heavy atom. The van der Waals surface area contributed by atoms with E-state index in [1.54, 1.807) is 30.3 Å². The number of ether oxygens (including phenoxy) is 1. The molecule has 3 rings (SSSR count). The molecule has 0 amide bonds. The summed E-state index contributed by atoms with van der Waals surface area (Å²) in [5.74, 6) is 0.965. The number of aryl methyl sites for hydroxylation is 2. The molecule has 1 heterocycles. The average molecular weight is 405 g/mol. The Morgan fingerprint density at radius 3 is 2.21 bits per heavy atom. The summed E-state index contributed by atoms with van der Waals surface area (Å²) in [6, 6.07) is 10.4. The summed E-state index contributed by atoms with van der Waals surface area (Å²) in [7, 11) is -3.51. The number of piperazine rings is 1. The number of aromatic hydroxyl groups is 1. The highest BCUT2D eigenvalue weighted by Crippen LogP contribution is 2.25. The van der Waals surface area contributed by atoms with Crippen molar-refractivity contribution in [2.24, 2.45) is 0 Å². The molecular formula is C21H28N2O4S. The molecule has 7 heteroatoms. The standard InChI is InChI=1S/C21H28N2O4S/c1-4-27-19-5-7-20(8-6-19)28(25,26)23-11-9-22(10-12-23)15-18-13-16(2)17(3)14-21(18)24/h5-8,13-14,24H,4,9-12,15H2,1-3H3. The van der Waals surface area contributed by atoms with Crippen LogP contribution in [-0.4, -0.2) is 55.5 Å². The highest BCUT2D eigenvalue weighted by Gasteiger charge is 2.28. The van der Waals surface area contributed by atoms with E-state index in [1.807, 2.05) is 26.8 Å². The van der Waals surface area contributed by atoms with Gasteiger partial charge in [-0.1, -0.05) is 6.07 Å². The maximum atomic E-state index is 12.9. The lowest BCUT2D eigenvalue weighted by Gasteiger charge is -2.34. The van der Waals surface area contributed by atoms with Crippen LogP contribution in [0.15, 0.2) is 41.3 Å². The van der Waals surface area contributed by atoms with Gasteiger partial charge in [-0.3, -0.25) is 4.90 Å². The second-order valence-electron chi connectivity index (χ2n) is 7.15. The maximum absolute atomic E-state index is 12.9. The molecule has 2 aromatic rings. The molecule has 0 bridgehead atoms. The fraction of sp³-hybridized carbons (Fsp3) is 0.429. The molecule has 0 aliphatic carbocycles. The molecule has 6 nitrogen and oxygen atoms in total. The van der Waals surface area contributed by atoms with Gasteiger partial charge in [-0.15, -0.1) is 0 Å². The van der Waals surface area contributed by atoms with Crippen LogP contribution >= 0.6 is 0 Å². The number of nitrogens with zero attached hydrogens (tertiary/aromatic N) is 2. The fourth-order valence-electron chi connectivity index (χ4n) is 3.38. The first kappa shape index (κ1) is 20.6. The molecule has 0 aromatic heterocycles. The predicted molar refractivity (Wildman–Crippen MR) is 109 cm³/mol. The zero-order valence-corrected chi connectivity index (χ0v) is 17.5. The van der Waals surface area contributed by atoms with Crippen LogP contribution in [0.5, 0.6) is 11.5 Å². The van der Waals surface area contributed by atoms with Crippen LogP contribution in [0.2, 0.25) is 0 Å². The van der Waals surface area contributed by atoms with Crippen molar-refractivity contribution in [2.75, 3.05) is 32.8 Å². The normalized spacial score (nSPS) is 16.2. The molecule has 0 radical (unpaired) electrons. The third kappa shape index (κ3) is 4.48. The van der Waals surface area contributed by atoms with Crippen LogP contribution in [0, 0.1) is 13.8 Å². The maximum Gasteiger partial charge on any atom is 0.243 e. The van der Waals surface area contributed by atoms with Gasteiger partial charge in [0.1, 0.15) is 11.5 Å². The quantitative estimate of drug-likeness (QED) is 0.802. The molecule has 1 N–H and O–H groups in total. The Balaban J connectivity index is 1.63. The van der Waals surface area contributed by atoms with E-state index in [9.17, 15) is 13.5 Å². The summed E-state index contributed by atoms with van der Waals surface area (Å²) < 4.78 is 32.7. The van der Waals surface area contributed by atoms with Crippen molar-refractivity contribution in [3.63, 3.8) is 0 Å². The van der Waals surface area contributed by atoms with Gasteiger partial charge in [0.15, 0.2) is 0 Å². The molecule has 0 unspecified atom stereocenters. The van der Waals surface area contributed by atoms with Crippen molar-refractivity contribution in [1.82, 2.24) is 9.21 Å². The number of phenolic OH excluding ortho intramolecular Hbond substituents is 1. The Labute approximate surface area is 167 Å². The second kappa shape index (κ2) is 8.51. The number of sulfonamides is 1. The molecule has 0 saturated carbocycles. The first-order valence-electron chi connectivity index (χ1n) is 9.55. The zero-order valence-electron chi connectivity index (χ0n) is 16.7. The van der Waals surface area contributed by atoms with Crippen molar-refractivity contribution >= 4 is 10.0 Å². The van der Waals surface area contributed by atoms with Crippen LogP contribution in [-0.2, 0) is 16.6 Å². The van der Waals surface area contributed by atoms with Crippen molar-refractivity contribution in [3.05, 3.63) is 53.1 Å². The van der Waals surface area contributed by atoms with Gasteiger partial charge in [0.05, 0.1) is 11.5 Å². The third-order valence-corrected chi connectivity index (χ3v) is 7.11. The zero-order chi connectivity index (χ0) is 20.3. The summed E-state index contributed by atoms with van der Waals surface area (Å²) in [5, 5.41) is 10.2. The topological polar surface area (TPSA) is 70.1 Å². The highest BCUT2D eigenvalue weighted by atomic mass is 32.2. The van der Waals surface area contributed by atoms with Gasteiger partial charge >= 0.3 is 0 Å². The molecular weight excluding hydrogens is 376 g/mol. The van der Waals surface area contributed by atoms with E-state index >= 15 is 0 Å². The first-order valence-corrected chi connectivity index (χ1v) is 11.0. The molecule has 1 saturated heterocycles. The van der Waals surface area contributed by atoms with E-state index in [1.165, 1.54) is 4.31 Å². The van der Waals surface area contributed by atoms with Gasteiger partial charge in [-0.05, 0) is 62.2 Å². The minimum absolute atomic E-state index is 0.288. The highest BCUT2D eigenvalue weighted by molar-refractivity contribution is 7.89. The van der Waals surface area contributed by atoms with Crippen LogP contribution in [0.4, 0.5) is 0 Å². The lowest BCUT2D eigenvalue weighted by Crippen LogP contribution is -2.48. The molecule has 28 heavy (non-hydrogen) atoms. The summed E-state index contributed by atoms with van der Waals surface area (Å²) in [6.07, 6.45) is 0. The van der Waals surface area contributed by atoms with Crippen molar-refractivity contribution < 1.29 is 18.3 Å². The van der Waals surface area contributed by atoms with Gasteiger partial charge in [0.2, 0.25) is 10.0 Å². The van der Waals surface area contributed by atoms with E-state index in [0.717, 1.165) is 16.7 Å². The Bertz CT molecular complexity index is 918. The average Bonchev–Trinajstić information content (AvgIpc) is 2.67. The Morgan fingerprint density at radius 2 is 1.61 bits per heavy atom. The van der Waals surface area contributed by atoms with E-state index in [-0.39, 0.29) is 4.90 Å². The first-order chi connectivity index (χ1) is 13.3. The number of hydrogen-bond donors (Lipinski definition) is 1. The van der Waals surface area contributed by atoms with Gasteiger partial charge in [0.25, 0.3) is 0 Å². The van der Waals surface area contributed by atoms with E-state index < -0.39 is 10.0 Å². The Hall–Kier alpha value is -2.09. The number of phenols is 1. The summed E-state index contributed by atoms with van der Waals surface area (Å²) >= 11 is 0. The molecule has 152 valence electrons. The van der Waals surface area contributed by atoms with Crippen molar-refractivity contribution in [2.45, 2.75) is 32.2 Å². The summed E-state index contributed by atoms with van der Waals surface area (Å²) in [6.45, 7) is 9.17. The second-order valence-corrected chi connectivity index (χ2v) is 9.09. The smallest absolute Gasteiger partial charge is 0.243 e.